The zero-order valence-corrected chi connectivity index (χ0v) is 17.0. The molecule has 0 aliphatic carbocycles. The highest BCUT2D eigenvalue weighted by atomic mass is 32.1. The molecule has 1 aromatic heterocycles. The largest absolute Gasteiger partial charge is 0.370 e. The van der Waals surface area contributed by atoms with E-state index in [0.717, 1.165) is 38.0 Å². The fourth-order valence-corrected chi connectivity index (χ4v) is 3.91. The maximum absolute atomic E-state index is 13.1. The van der Waals surface area contributed by atoms with Crippen LogP contribution in [0.1, 0.15) is 24.0 Å². The van der Waals surface area contributed by atoms with Crippen LogP contribution in [0.3, 0.4) is 0 Å². The molecule has 6 nitrogen and oxygen atoms in total. The number of nitrogens with zero attached hydrogens (tertiary/aromatic N) is 4. The van der Waals surface area contributed by atoms with E-state index in [4.69, 9.17) is 17.6 Å². The Kier molecular flexibility index (Phi) is 6.27. The van der Waals surface area contributed by atoms with E-state index in [2.05, 4.69) is 16.3 Å². The van der Waals surface area contributed by atoms with Crippen molar-refractivity contribution in [2.75, 3.05) is 25.0 Å². The van der Waals surface area contributed by atoms with Gasteiger partial charge in [0.15, 0.2) is 4.77 Å². The van der Waals surface area contributed by atoms with Crippen molar-refractivity contribution in [1.29, 1.82) is 10.7 Å². The molecule has 0 amide bonds. The first kappa shape index (κ1) is 20.2. The summed E-state index contributed by atoms with van der Waals surface area (Å²) in [5.74, 6) is 0.820. The predicted molar refractivity (Wildman–Crippen MR) is 109 cm³/mol. The SMILES string of the molecule is Cn1c(NCC2CCCN(Cc3ccc(F)cc3)C2)c(C#N)c(=N)n(C)c1=S. The second-order valence-electron chi connectivity index (χ2n) is 7.34. The maximum Gasteiger partial charge on any atom is 0.182 e. The van der Waals surface area contributed by atoms with Crippen molar-refractivity contribution >= 4 is 18.0 Å². The maximum atomic E-state index is 13.1. The van der Waals surface area contributed by atoms with Gasteiger partial charge >= 0.3 is 0 Å². The van der Waals surface area contributed by atoms with Crippen molar-refractivity contribution in [3.63, 3.8) is 0 Å². The van der Waals surface area contributed by atoms with Gasteiger partial charge in [0.2, 0.25) is 0 Å². The minimum atomic E-state index is -0.211. The van der Waals surface area contributed by atoms with Crippen LogP contribution in [0.25, 0.3) is 0 Å². The van der Waals surface area contributed by atoms with Crippen molar-refractivity contribution in [2.24, 2.45) is 20.0 Å². The lowest BCUT2D eigenvalue weighted by Gasteiger charge is -2.33. The smallest absolute Gasteiger partial charge is 0.182 e. The van der Waals surface area contributed by atoms with E-state index in [9.17, 15) is 9.65 Å². The number of halogens is 1. The molecule has 0 radical (unpaired) electrons. The average molecular weight is 401 g/mol. The Morgan fingerprint density at radius 3 is 2.68 bits per heavy atom. The van der Waals surface area contributed by atoms with Gasteiger partial charge in [-0.3, -0.25) is 10.3 Å². The molecule has 8 heteroatoms. The summed E-state index contributed by atoms with van der Waals surface area (Å²) in [5.41, 5.74) is 1.53. The van der Waals surface area contributed by atoms with Gasteiger partial charge in [0.25, 0.3) is 0 Å². The van der Waals surface area contributed by atoms with E-state index in [1.165, 1.54) is 16.7 Å². The van der Waals surface area contributed by atoms with Crippen LogP contribution in [-0.4, -0.2) is 33.7 Å². The minimum Gasteiger partial charge on any atom is -0.370 e. The van der Waals surface area contributed by atoms with Gasteiger partial charge in [-0.05, 0) is 55.2 Å². The van der Waals surface area contributed by atoms with Gasteiger partial charge in [0, 0.05) is 33.7 Å². The number of nitriles is 1. The van der Waals surface area contributed by atoms with Crippen LogP contribution in [0.5, 0.6) is 0 Å². The van der Waals surface area contributed by atoms with Crippen LogP contribution in [0.15, 0.2) is 24.3 Å². The van der Waals surface area contributed by atoms with Gasteiger partial charge in [0.1, 0.15) is 28.8 Å². The molecule has 148 valence electrons. The Balaban J connectivity index is 1.68. The molecule has 1 aliphatic rings. The lowest BCUT2D eigenvalue weighted by molar-refractivity contribution is 0.173. The van der Waals surface area contributed by atoms with E-state index in [-0.39, 0.29) is 11.3 Å². The van der Waals surface area contributed by atoms with Crippen molar-refractivity contribution < 1.29 is 4.39 Å². The molecule has 1 saturated heterocycles. The number of likely N-dealkylation sites (tertiary alicyclic amines) is 1. The first-order valence-electron chi connectivity index (χ1n) is 9.36. The van der Waals surface area contributed by atoms with Gasteiger partial charge < -0.3 is 14.5 Å². The van der Waals surface area contributed by atoms with Crippen molar-refractivity contribution in [1.82, 2.24) is 14.0 Å². The molecular formula is C20H25FN6S. The number of hydrogen-bond acceptors (Lipinski definition) is 5. The van der Waals surface area contributed by atoms with Gasteiger partial charge in [-0.25, -0.2) is 4.39 Å². The van der Waals surface area contributed by atoms with Gasteiger partial charge in [0.05, 0.1) is 0 Å². The number of nitrogens with one attached hydrogen (secondary N) is 2. The fourth-order valence-electron chi connectivity index (χ4n) is 3.73. The fraction of sp³-hybridized carbons (Fsp3) is 0.450. The van der Waals surface area contributed by atoms with E-state index in [1.807, 2.05) is 19.2 Å². The lowest BCUT2D eigenvalue weighted by atomic mass is 9.97. The Bertz CT molecular complexity index is 1000. The molecule has 3 rings (SSSR count). The monoisotopic (exact) mass is 400 g/mol. The van der Waals surface area contributed by atoms with Crippen LogP contribution in [-0.2, 0) is 20.6 Å². The number of piperidine rings is 1. The Morgan fingerprint density at radius 2 is 2.00 bits per heavy atom. The van der Waals surface area contributed by atoms with E-state index < -0.39 is 0 Å². The molecule has 2 heterocycles. The molecule has 0 bridgehead atoms. The van der Waals surface area contributed by atoms with E-state index in [1.54, 1.807) is 11.6 Å². The predicted octanol–water partition coefficient (Wildman–Crippen LogP) is 2.91. The Labute approximate surface area is 169 Å². The average Bonchev–Trinajstić information content (AvgIpc) is 2.70. The molecule has 1 aliphatic heterocycles. The summed E-state index contributed by atoms with van der Waals surface area (Å²) >= 11 is 5.37. The van der Waals surface area contributed by atoms with Crippen molar-refractivity contribution in [3.05, 3.63) is 51.5 Å². The van der Waals surface area contributed by atoms with Crippen LogP contribution >= 0.6 is 12.2 Å². The van der Waals surface area contributed by atoms with E-state index in [0.29, 0.717) is 28.6 Å². The van der Waals surface area contributed by atoms with Crippen LogP contribution in [0, 0.1) is 33.2 Å². The molecule has 2 N–H and O–H groups in total. The van der Waals surface area contributed by atoms with Crippen LogP contribution in [0.2, 0.25) is 0 Å². The lowest BCUT2D eigenvalue weighted by Crippen LogP contribution is -2.38. The minimum absolute atomic E-state index is 0.120. The number of hydrogen-bond donors (Lipinski definition) is 2. The normalized spacial score (nSPS) is 17.3. The summed E-state index contributed by atoms with van der Waals surface area (Å²) in [6, 6.07) is 8.80. The number of aromatic nitrogens is 2. The van der Waals surface area contributed by atoms with Crippen LogP contribution in [0.4, 0.5) is 10.2 Å². The summed E-state index contributed by atoms with van der Waals surface area (Å²) in [5, 5.41) is 21.0. The Morgan fingerprint density at radius 1 is 1.29 bits per heavy atom. The number of anilines is 1. The molecule has 1 aromatic carbocycles. The topological polar surface area (TPSA) is 72.8 Å². The first-order chi connectivity index (χ1) is 13.4. The molecule has 1 fully saturated rings. The number of rotatable bonds is 5. The Hall–Kier alpha value is -2.50. The summed E-state index contributed by atoms with van der Waals surface area (Å²) in [6.45, 7) is 3.48. The molecule has 28 heavy (non-hydrogen) atoms. The highest BCUT2D eigenvalue weighted by molar-refractivity contribution is 7.71. The highest BCUT2D eigenvalue weighted by Gasteiger charge is 2.21. The van der Waals surface area contributed by atoms with Crippen molar-refractivity contribution in [2.45, 2.75) is 19.4 Å². The first-order valence-corrected chi connectivity index (χ1v) is 9.77. The molecule has 2 aromatic rings. The highest BCUT2D eigenvalue weighted by Crippen LogP contribution is 2.20. The quantitative estimate of drug-likeness (QED) is 0.757. The summed E-state index contributed by atoms with van der Waals surface area (Å²) < 4.78 is 16.9. The van der Waals surface area contributed by atoms with Gasteiger partial charge in [-0.15, -0.1) is 0 Å². The summed E-state index contributed by atoms with van der Waals surface area (Å²) in [4.78, 5) is 2.38. The molecule has 1 atom stereocenters. The third-order valence-corrected chi connectivity index (χ3v) is 5.86. The summed E-state index contributed by atoms with van der Waals surface area (Å²) in [7, 11) is 3.51. The third-order valence-electron chi connectivity index (χ3n) is 5.31. The molecule has 0 spiro atoms. The van der Waals surface area contributed by atoms with E-state index >= 15 is 0 Å². The zero-order valence-electron chi connectivity index (χ0n) is 16.2. The van der Waals surface area contributed by atoms with Crippen molar-refractivity contribution in [3.8, 4) is 6.07 Å². The molecule has 1 unspecified atom stereocenters. The van der Waals surface area contributed by atoms with Crippen LogP contribution < -0.4 is 10.8 Å². The second kappa shape index (κ2) is 8.67. The zero-order chi connectivity index (χ0) is 20.3. The third kappa shape index (κ3) is 4.32. The molecular weight excluding hydrogens is 375 g/mol. The summed E-state index contributed by atoms with van der Waals surface area (Å²) in [6.07, 6.45) is 2.21. The second-order valence-corrected chi connectivity index (χ2v) is 7.70. The standard InChI is InChI=1S/C20H25FN6S/c1-25-18(23)17(10-22)19(26(2)20(25)28)24-11-15-4-3-9-27(13-15)12-14-5-7-16(21)8-6-14/h5-8,15,23-24H,3-4,9,11-13H2,1-2H3. The van der Waals surface area contributed by atoms with Gasteiger partial charge in [-0.1, -0.05) is 12.1 Å². The van der Waals surface area contributed by atoms with Gasteiger partial charge in [-0.2, -0.15) is 5.26 Å². The number of benzene rings is 1. The molecule has 0 saturated carbocycles.